The number of anilines is 1. The van der Waals surface area contributed by atoms with Gasteiger partial charge in [0, 0.05) is 27.0 Å². The first-order valence-electron chi connectivity index (χ1n) is 6.27. The maximum atomic E-state index is 12.1. The van der Waals surface area contributed by atoms with Crippen molar-refractivity contribution in [1.29, 1.82) is 0 Å². The van der Waals surface area contributed by atoms with Crippen molar-refractivity contribution in [1.82, 2.24) is 4.90 Å². The largest absolute Gasteiger partial charge is 0.480 e. The minimum Gasteiger partial charge on any atom is -0.480 e. The molecule has 21 heavy (non-hydrogen) atoms. The SMILES string of the molecule is O=C(CN1CCSCC1C(=O)O)Nc1ccc(Br)cc1Br. The molecule has 0 aliphatic carbocycles. The molecule has 0 radical (unpaired) electrons. The number of thioether (sulfide) groups is 1. The van der Waals surface area contributed by atoms with Gasteiger partial charge in [0.1, 0.15) is 6.04 Å². The van der Waals surface area contributed by atoms with E-state index in [4.69, 9.17) is 0 Å². The van der Waals surface area contributed by atoms with E-state index in [1.165, 1.54) is 0 Å². The molecule has 0 spiro atoms. The molecule has 1 saturated heterocycles. The van der Waals surface area contributed by atoms with Gasteiger partial charge in [0.15, 0.2) is 0 Å². The summed E-state index contributed by atoms with van der Waals surface area (Å²) in [6.07, 6.45) is 0. The fourth-order valence-corrected chi connectivity index (χ4v) is 4.27. The number of aliphatic carboxylic acids is 1. The minimum atomic E-state index is -0.875. The number of amides is 1. The van der Waals surface area contributed by atoms with Gasteiger partial charge in [-0.05, 0) is 34.1 Å². The Morgan fingerprint density at radius 2 is 2.19 bits per heavy atom. The molecular weight excluding hydrogens is 424 g/mol. The van der Waals surface area contributed by atoms with Crippen LogP contribution in [-0.2, 0) is 9.59 Å². The summed E-state index contributed by atoms with van der Waals surface area (Å²) in [5.41, 5.74) is 0.668. The van der Waals surface area contributed by atoms with Crippen LogP contribution < -0.4 is 5.32 Å². The Morgan fingerprint density at radius 3 is 2.86 bits per heavy atom. The van der Waals surface area contributed by atoms with Crippen molar-refractivity contribution in [2.24, 2.45) is 0 Å². The third-order valence-electron chi connectivity index (χ3n) is 3.08. The molecule has 0 bridgehead atoms. The smallest absolute Gasteiger partial charge is 0.321 e. The van der Waals surface area contributed by atoms with Crippen molar-refractivity contribution in [3.63, 3.8) is 0 Å². The van der Waals surface area contributed by atoms with Gasteiger partial charge in [-0.15, -0.1) is 0 Å². The predicted molar refractivity (Wildman–Crippen MR) is 90.8 cm³/mol. The molecule has 5 nitrogen and oxygen atoms in total. The molecule has 1 aliphatic heterocycles. The molecule has 2 rings (SSSR count). The lowest BCUT2D eigenvalue weighted by Gasteiger charge is -2.31. The summed E-state index contributed by atoms with van der Waals surface area (Å²) in [7, 11) is 0. The summed E-state index contributed by atoms with van der Waals surface area (Å²) in [5.74, 6) is 0.278. The first-order valence-corrected chi connectivity index (χ1v) is 9.01. The first kappa shape index (κ1) is 16.8. The molecule has 1 unspecified atom stereocenters. The van der Waals surface area contributed by atoms with E-state index < -0.39 is 12.0 Å². The maximum Gasteiger partial charge on any atom is 0.321 e. The molecule has 2 N–H and O–H groups in total. The zero-order chi connectivity index (χ0) is 15.4. The van der Waals surface area contributed by atoms with Crippen LogP contribution in [0, 0.1) is 0 Å². The number of carboxylic acids is 1. The molecule has 8 heteroatoms. The van der Waals surface area contributed by atoms with Crippen LogP contribution in [-0.4, -0.2) is 52.5 Å². The van der Waals surface area contributed by atoms with E-state index in [1.54, 1.807) is 22.7 Å². The van der Waals surface area contributed by atoms with Gasteiger partial charge in [0.05, 0.1) is 12.2 Å². The van der Waals surface area contributed by atoms with Crippen molar-refractivity contribution in [2.75, 3.05) is 29.9 Å². The summed E-state index contributed by atoms with van der Waals surface area (Å²) < 4.78 is 1.68. The van der Waals surface area contributed by atoms with Gasteiger partial charge in [-0.25, -0.2) is 0 Å². The highest BCUT2D eigenvalue weighted by molar-refractivity contribution is 9.11. The van der Waals surface area contributed by atoms with Crippen molar-refractivity contribution in [3.8, 4) is 0 Å². The van der Waals surface area contributed by atoms with Gasteiger partial charge in [-0.1, -0.05) is 15.9 Å². The summed E-state index contributed by atoms with van der Waals surface area (Å²) >= 11 is 8.33. The van der Waals surface area contributed by atoms with E-state index in [9.17, 15) is 14.7 Å². The molecule has 1 fully saturated rings. The number of carboxylic acid groups (broad SMARTS) is 1. The van der Waals surface area contributed by atoms with E-state index in [2.05, 4.69) is 37.2 Å². The molecule has 114 valence electrons. The van der Waals surface area contributed by atoms with Gasteiger partial charge in [0.2, 0.25) is 5.91 Å². The third kappa shape index (κ3) is 4.70. The number of nitrogens with zero attached hydrogens (tertiary/aromatic N) is 1. The standard InChI is InChI=1S/C13H14Br2N2O3S/c14-8-1-2-10(9(15)5-8)16-12(18)6-17-3-4-21-7-11(17)13(19)20/h1-2,5,11H,3-4,6-7H2,(H,16,18)(H,19,20). The van der Waals surface area contributed by atoms with E-state index >= 15 is 0 Å². The Hall–Kier alpha value is -0.570. The molecule has 1 amide bonds. The molecule has 1 atom stereocenters. The van der Waals surface area contributed by atoms with E-state index in [-0.39, 0.29) is 12.5 Å². The Labute approximate surface area is 143 Å². The lowest BCUT2D eigenvalue weighted by atomic mass is 10.2. The first-order chi connectivity index (χ1) is 9.97. The Morgan fingerprint density at radius 1 is 1.43 bits per heavy atom. The van der Waals surface area contributed by atoms with Crippen molar-refractivity contribution in [2.45, 2.75) is 6.04 Å². The van der Waals surface area contributed by atoms with Crippen LogP contribution in [0.4, 0.5) is 5.69 Å². The fourth-order valence-electron chi connectivity index (χ4n) is 2.02. The number of carbonyl (C=O) groups excluding carboxylic acids is 1. The molecule has 1 aliphatic rings. The van der Waals surface area contributed by atoms with E-state index in [1.807, 2.05) is 12.1 Å². The zero-order valence-electron chi connectivity index (χ0n) is 11.0. The number of nitrogens with one attached hydrogen (secondary N) is 1. The average Bonchev–Trinajstić information content (AvgIpc) is 2.42. The highest BCUT2D eigenvalue weighted by Crippen LogP contribution is 2.26. The van der Waals surface area contributed by atoms with Gasteiger partial charge < -0.3 is 10.4 Å². The second-order valence-electron chi connectivity index (χ2n) is 4.57. The summed E-state index contributed by atoms with van der Waals surface area (Å²) in [6, 6.07) is 4.86. The predicted octanol–water partition coefficient (Wildman–Crippen LogP) is 2.65. The summed E-state index contributed by atoms with van der Waals surface area (Å²) in [6.45, 7) is 0.691. The number of hydrogen-bond donors (Lipinski definition) is 2. The van der Waals surface area contributed by atoms with E-state index in [0.29, 0.717) is 18.0 Å². The maximum absolute atomic E-state index is 12.1. The Bertz CT molecular complexity index is 556. The van der Waals surface area contributed by atoms with Crippen molar-refractivity contribution >= 4 is 61.2 Å². The van der Waals surface area contributed by atoms with Crippen LogP contribution in [0.2, 0.25) is 0 Å². The van der Waals surface area contributed by atoms with Gasteiger partial charge in [0.25, 0.3) is 0 Å². The Balaban J connectivity index is 1.98. The fraction of sp³-hybridized carbons (Fsp3) is 0.385. The van der Waals surface area contributed by atoms with Crippen molar-refractivity contribution in [3.05, 3.63) is 27.1 Å². The van der Waals surface area contributed by atoms with Crippen LogP contribution in [0.3, 0.4) is 0 Å². The average molecular weight is 438 g/mol. The number of benzene rings is 1. The van der Waals surface area contributed by atoms with Crippen molar-refractivity contribution < 1.29 is 14.7 Å². The monoisotopic (exact) mass is 436 g/mol. The minimum absolute atomic E-state index is 0.0834. The Kier molecular flexibility index (Phi) is 6.09. The second-order valence-corrected chi connectivity index (χ2v) is 7.49. The van der Waals surface area contributed by atoms with Crippen LogP contribution in [0.25, 0.3) is 0 Å². The molecule has 1 heterocycles. The molecule has 1 aromatic rings. The van der Waals surface area contributed by atoms with Crippen LogP contribution in [0.1, 0.15) is 0 Å². The van der Waals surface area contributed by atoms with Gasteiger partial charge in [-0.2, -0.15) is 11.8 Å². The number of hydrogen-bond acceptors (Lipinski definition) is 4. The summed E-state index contributed by atoms with van der Waals surface area (Å²) in [5, 5.41) is 12.0. The highest BCUT2D eigenvalue weighted by Gasteiger charge is 2.30. The summed E-state index contributed by atoms with van der Waals surface area (Å²) in [4.78, 5) is 25.0. The highest BCUT2D eigenvalue weighted by atomic mass is 79.9. The van der Waals surface area contributed by atoms with Crippen LogP contribution in [0.5, 0.6) is 0 Å². The van der Waals surface area contributed by atoms with E-state index in [0.717, 1.165) is 14.7 Å². The number of carbonyl (C=O) groups is 2. The second kappa shape index (κ2) is 7.62. The zero-order valence-corrected chi connectivity index (χ0v) is 15.0. The number of rotatable bonds is 4. The van der Waals surface area contributed by atoms with Crippen LogP contribution in [0.15, 0.2) is 27.1 Å². The number of halogens is 2. The topological polar surface area (TPSA) is 69.6 Å². The normalized spacial score (nSPS) is 19.2. The third-order valence-corrected chi connectivity index (χ3v) is 5.25. The molecule has 1 aromatic carbocycles. The molecular formula is C13H14Br2N2O3S. The lowest BCUT2D eigenvalue weighted by molar-refractivity contribution is -0.142. The molecule has 0 saturated carbocycles. The quantitative estimate of drug-likeness (QED) is 0.757. The lowest BCUT2D eigenvalue weighted by Crippen LogP contribution is -2.50. The van der Waals surface area contributed by atoms with Gasteiger partial charge in [-0.3, -0.25) is 14.5 Å². The van der Waals surface area contributed by atoms with Gasteiger partial charge >= 0.3 is 5.97 Å². The van der Waals surface area contributed by atoms with Crippen LogP contribution >= 0.6 is 43.6 Å². The molecule has 0 aromatic heterocycles.